The molecule has 1 amide bonds. The van der Waals surface area contributed by atoms with E-state index in [1.807, 2.05) is 11.0 Å². The van der Waals surface area contributed by atoms with Gasteiger partial charge in [-0.2, -0.15) is 0 Å². The summed E-state index contributed by atoms with van der Waals surface area (Å²) in [4.78, 5) is 26.6. The number of aryl methyl sites for hydroxylation is 2. The Morgan fingerprint density at radius 3 is 2.42 bits per heavy atom. The van der Waals surface area contributed by atoms with Crippen LogP contribution in [0.25, 0.3) is 0 Å². The van der Waals surface area contributed by atoms with Crippen molar-refractivity contribution in [2.75, 3.05) is 13.1 Å². The molecule has 0 aromatic heterocycles. The van der Waals surface area contributed by atoms with Crippen molar-refractivity contribution < 1.29 is 9.59 Å². The first kappa shape index (κ1) is 19.1. The molecule has 2 atom stereocenters. The first-order valence-corrected chi connectivity index (χ1v) is 10.1. The van der Waals surface area contributed by atoms with E-state index in [-0.39, 0.29) is 11.7 Å². The normalized spacial score (nSPS) is 20.3. The molecule has 1 aliphatic heterocycles. The number of hydrogen-bond donors (Lipinski definition) is 1. The van der Waals surface area contributed by atoms with E-state index in [1.165, 1.54) is 24.0 Å². The monoisotopic (exact) mass is 356 g/mol. The van der Waals surface area contributed by atoms with Gasteiger partial charge in [0.15, 0.2) is 5.78 Å². The minimum absolute atomic E-state index is 0.0428. The lowest BCUT2D eigenvalue weighted by Gasteiger charge is -2.35. The number of hydrogen-bond acceptors (Lipinski definition) is 3. The Morgan fingerprint density at radius 2 is 1.77 bits per heavy atom. The van der Waals surface area contributed by atoms with Crippen LogP contribution in [0.3, 0.4) is 0 Å². The number of Topliss-reactive ketones (excluding diaryl/α,β-unsaturated/α-hetero) is 1. The van der Waals surface area contributed by atoms with Gasteiger partial charge in [0, 0.05) is 25.1 Å². The summed E-state index contributed by atoms with van der Waals surface area (Å²) in [5.41, 5.74) is 9.38. The average molecular weight is 357 g/mol. The molecule has 4 heteroatoms. The highest BCUT2D eigenvalue weighted by Gasteiger charge is 2.28. The largest absolute Gasteiger partial charge is 0.341 e. The standard InChI is InChI=1S/C22H32N2O2/c1-15(17-9-11-24(12-10-17)22(26)16(2)23)13-21(25)20-8-7-18-5-3-4-6-19(18)14-20/h7-8,14-17H,3-6,9-13,23H2,1-2H3/t15?,16-/m0/s1. The van der Waals surface area contributed by atoms with Crippen LogP contribution in [-0.2, 0) is 17.6 Å². The van der Waals surface area contributed by atoms with Crippen LogP contribution in [0.2, 0.25) is 0 Å². The van der Waals surface area contributed by atoms with Gasteiger partial charge in [-0.3, -0.25) is 9.59 Å². The minimum atomic E-state index is -0.422. The molecular weight excluding hydrogens is 324 g/mol. The van der Waals surface area contributed by atoms with E-state index in [4.69, 9.17) is 5.73 Å². The molecule has 142 valence electrons. The molecule has 4 nitrogen and oxygen atoms in total. The minimum Gasteiger partial charge on any atom is -0.341 e. The van der Waals surface area contributed by atoms with Gasteiger partial charge < -0.3 is 10.6 Å². The summed E-state index contributed by atoms with van der Waals surface area (Å²) < 4.78 is 0. The Bertz CT molecular complexity index is 660. The smallest absolute Gasteiger partial charge is 0.239 e. The third-order valence-electron chi connectivity index (χ3n) is 6.22. The van der Waals surface area contributed by atoms with Crippen LogP contribution in [0.15, 0.2) is 18.2 Å². The van der Waals surface area contributed by atoms with E-state index in [1.54, 1.807) is 6.92 Å². The maximum absolute atomic E-state index is 12.8. The number of carbonyl (C=O) groups excluding carboxylic acids is 2. The predicted molar refractivity (Wildman–Crippen MR) is 104 cm³/mol. The molecule has 1 unspecified atom stereocenters. The summed E-state index contributed by atoms with van der Waals surface area (Å²) in [7, 11) is 0. The number of benzene rings is 1. The number of piperidine rings is 1. The zero-order chi connectivity index (χ0) is 18.7. The molecule has 1 aromatic carbocycles. The van der Waals surface area contributed by atoms with E-state index < -0.39 is 6.04 Å². The number of ketones is 1. The molecule has 0 saturated carbocycles. The second-order valence-electron chi connectivity index (χ2n) is 8.25. The zero-order valence-electron chi connectivity index (χ0n) is 16.2. The number of rotatable bonds is 5. The van der Waals surface area contributed by atoms with Gasteiger partial charge in [-0.25, -0.2) is 0 Å². The molecule has 1 heterocycles. The number of nitrogens with two attached hydrogens (primary N) is 1. The van der Waals surface area contributed by atoms with Gasteiger partial charge in [0.05, 0.1) is 6.04 Å². The molecule has 1 aliphatic carbocycles. The lowest BCUT2D eigenvalue weighted by Crippen LogP contribution is -2.46. The molecule has 0 bridgehead atoms. The van der Waals surface area contributed by atoms with Gasteiger partial charge in [0.1, 0.15) is 0 Å². The SMILES string of the molecule is CC(CC(=O)c1ccc2c(c1)CCCC2)C1CCN(C(=O)[C@H](C)N)CC1. The Hall–Kier alpha value is -1.68. The molecule has 1 fully saturated rings. The van der Waals surface area contributed by atoms with Gasteiger partial charge >= 0.3 is 0 Å². The Balaban J connectivity index is 1.54. The quantitative estimate of drug-likeness (QED) is 0.823. The molecule has 0 radical (unpaired) electrons. The van der Waals surface area contributed by atoms with Crippen molar-refractivity contribution in [2.45, 2.75) is 64.8 Å². The van der Waals surface area contributed by atoms with Gasteiger partial charge in [-0.05, 0) is 74.5 Å². The van der Waals surface area contributed by atoms with Crippen LogP contribution in [-0.4, -0.2) is 35.7 Å². The second-order valence-corrected chi connectivity index (χ2v) is 8.25. The van der Waals surface area contributed by atoms with Crippen LogP contribution in [0.5, 0.6) is 0 Å². The highest BCUT2D eigenvalue weighted by Crippen LogP contribution is 2.29. The van der Waals surface area contributed by atoms with Crippen molar-refractivity contribution in [3.8, 4) is 0 Å². The number of fused-ring (bicyclic) bond motifs is 1. The summed E-state index contributed by atoms with van der Waals surface area (Å²) in [5, 5.41) is 0. The van der Waals surface area contributed by atoms with Gasteiger partial charge in [-0.1, -0.05) is 19.1 Å². The molecule has 1 saturated heterocycles. The Labute approximate surface area is 157 Å². The van der Waals surface area contributed by atoms with Crippen molar-refractivity contribution in [1.82, 2.24) is 4.90 Å². The van der Waals surface area contributed by atoms with Crippen molar-refractivity contribution >= 4 is 11.7 Å². The Kier molecular flexibility index (Phi) is 6.13. The summed E-state index contributed by atoms with van der Waals surface area (Å²) in [5.74, 6) is 1.17. The molecular formula is C22H32N2O2. The summed E-state index contributed by atoms with van der Waals surface area (Å²) in [6.45, 7) is 5.46. The van der Waals surface area contributed by atoms with Gasteiger partial charge in [0.25, 0.3) is 0 Å². The average Bonchev–Trinajstić information content (AvgIpc) is 2.67. The summed E-state index contributed by atoms with van der Waals surface area (Å²) >= 11 is 0. The topological polar surface area (TPSA) is 63.4 Å². The van der Waals surface area contributed by atoms with Crippen molar-refractivity contribution in [3.63, 3.8) is 0 Å². The van der Waals surface area contributed by atoms with Crippen LogP contribution < -0.4 is 5.73 Å². The van der Waals surface area contributed by atoms with Crippen LogP contribution in [0, 0.1) is 11.8 Å². The van der Waals surface area contributed by atoms with Crippen molar-refractivity contribution in [1.29, 1.82) is 0 Å². The summed E-state index contributed by atoms with van der Waals surface area (Å²) in [6, 6.07) is 5.88. The molecule has 26 heavy (non-hydrogen) atoms. The maximum Gasteiger partial charge on any atom is 0.239 e. The second kappa shape index (κ2) is 8.34. The number of carbonyl (C=O) groups is 2. The van der Waals surface area contributed by atoms with Crippen molar-refractivity contribution in [3.05, 3.63) is 34.9 Å². The van der Waals surface area contributed by atoms with Crippen LogP contribution in [0.1, 0.15) is 67.4 Å². The summed E-state index contributed by atoms with van der Waals surface area (Å²) in [6.07, 6.45) is 7.30. The first-order chi connectivity index (χ1) is 12.5. The third-order valence-corrected chi connectivity index (χ3v) is 6.22. The number of nitrogens with zero attached hydrogens (tertiary/aromatic N) is 1. The number of amides is 1. The maximum atomic E-state index is 12.8. The molecule has 1 aromatic rings. The molecule has 2 N–H and O–H groups in total. The van der Waals surface area contributed by atoms with Gasteiger partial charge in [0.2, 0.25) is 5.91 Å². The van der Waals surface area contributed by atoms with Gasteiger partial charge in [-0.15, -0.1) is 0 Å². The van der Waals surface area contributed by atoms with E-state index in [2.05, 4.69) is 19.1 Å². The third kappa shape index (κ3) is 4.35. The molecule has 0 spiro atoms. The van der Waals surface area contributed by atoms with E-state index >= 15 is 0 Å². The molecule has 3 rings (SSSR count). The van der Waals surface area contributed by atoms with E-state index in [0.717, 1.165) is 44.3 Å². The van der Waals surface area contributed by atoms with Crippen LogP contribution in [0.4, 0.5) is 0 Å². The first-order valence-electron chi connectivity index (χ1n) is 10.1. The highest BCUT2D eigenvalue weighted by atomic mass is 16.2. The van der Waals surface area contributed by atoms with Crippen LogP contribution >= 0.6 is 0 Å². The fraction of sp³-hybridized carbons (Fsp3) is 0.636. The van der Waals surface area contributed by atoms with E-state index in [0.29, 0.717) is 18.3 Å². The fourth-order valence-electron chi connectivity index (χ4n) is 4.46. The molecule has 2 aliphatic rings. The highest BCUT2D eigenvalue weighted by molar-refractivity contribution is 5.96. The van der Waals surface area contributed by atoms with E-state index in [9.17, 15) is 9.59 Å². The lowest BCUT2D eigenvalue weighted by atomic mass is 9.81. The predicted octanol–water partition coefficient (Wildman–Crippen LogP) is 3.36. The lowest BCUT2D eigenvalue weighted by molar-refractivity contribution is -0.133. The van der Waals surface area contributed by atoms with Crippen molar-refractivity contribution in [2.24, 2.45) is 17.6 Å². The fourth-order valence-corrected chi connectivity index (χ4v) is 4.46. The zero-order valence-corrected chi connectivity index (χ0v) is 16.2. The Morgan fingerprint density at radius 1 is 1.12 bits per heavy atom. The number of likely N-dealkylation sites (tertiary alicyclic amines) is 1.